The van der Waals surface area contributed by atoms with Crippen molar-refractivity contribution in [2.75, 3.05) is 18.8 Å². The second-order valence-electron chi connectivity index (χ2n) is 4.27. The van der Waals surface area contributed by atoms with Crippen LogP contribution in [-0.2, 0) is 4.79 Å². The smallest absolute Gasteiger partial charge is 0.233 e. The Labute approximate surface area is 131 Å². The molecule has 0 aromatic carbocycles. The Kier molecular flexibility index (Phi) is 5.69. The van der Waals surface area contributed by atoms with E-state index in [2.05, 4.69) is 19.9 Å². The van der Waals surface area contributed by atoms with E-state index in [1.165, 1.54) is 29.3 Å². The Bertz CT molecular complexity index is 712. The van der Waals surface area contributed by atoms with Gasteiger partial charge in [-0.15, -0.1) is 0 Å². The van der Waals surface area contributed by atoms with Crippen LogP contribution in [-0.4, -0.2) is 49.6 Å². The van der Waals surface area contributed by atoms with Crippen LogP contribution in [0.15, 0.2) is 17.7 Å². The van der Waals surface area contributed by atoms with Crippen LogP contribution < -0.4 is 0 Å². The Hall–Kier alpha value is -2.65. The van der Waals surface area contributed by atoms with Crippen LogP contribution in [0.2, 0.25) is 0 Å². The highest BCUT2D eigenvalue weighted by molar-refractivity contribution is 8.00. The zero-order chi connectivity index (χ0) is 15.8. The van der Waals surface area contributed by atoms with Crippen molar-refractivity contribution in [2.24, 2.45) is 0 Å². The lowest BCUT2D eigenvalue weighted by molar-refractivity contribution is -0.128. The Balaban J connectivity index is 1.99. The standard InChI is InChI=1S/C13H13N7OS/c14-3-1-5-20(6-2-4-15)10(21)7-22-13-11-12(17-8-16-11)18-9-19-13/h8-9H,1-2,5-7H2,(H,16,17,18,19). The molecule has 2 rings (SSSR count). The van der Waals surface area contributed by atoms with Crippen molar-refractivity contribution in [2.45, 2.75) is 17.9 Å². The number of hydrogen-bond acceptors (Lipinski definition) is 7. The fourth-order valence-corrected chi connectivity index (χ4v) is 2.66. The third-order valence-corrected chi connectivity index (χ3v) is 3.83. The van der Waals surface area contributed by atoms with E-state index >= 15 is 0 Å². The molecular weight excluding hydrogens is 302 g/mol. The van der Waals surface area contributed by atoms with E-state index in [9.17, 15) is 4.79 Å². The molecule has 2 heterocycles. The topological polar surface area (TPSA) is 122 Å². The largest absolute Gasteiger partial charge is 0.341 e. The molecule has 8 nitrogen and oxygen atoms in total. The van der Waals surface area contributed by atoms with Gasteiger partial charge in [-0.2, -0.15) is 10.5 Å². The summed E-state index contributed by atoms with van der Waals surface area (Å²) in [4.78, 5) is 28.9. The summed E-state index contributed by atoms with van der Waals surface area (Å²) in [5.41, 5.74) is 1.25. The van der Waals surface area contributed by atoms with Crippen molar-refractivity contribution in [3.05, 3.63) is 12.7 Å². The van der Waals surface area contributed by atoms with Crippen molar-refractivity contribution >= 4 is 28.8 Å². The van der Waals surface area contributed by atoms with Crippen molar-refractivity contribution in [1.29, 1.82) is 10.5 Å². The summed E-state index contributed by atoms with van der Waals surface area (Å²) in [5, 5.41) is 17.9. The minimum Gasteiger partial charge on any atom is -0.341 e. The molecule has 0 saturated carbocycles. The maximum absolute atomic E-state index is 12.2. The van der Waals surface area contributed by atoms with Gasteiger partial charge >= 0.3 is 0 Å². The lowest BCUT2D eigenvalue weighted by atomic mass is 10.3. The molecule has 0 aliphatic carbocycles. The number of rotatable bonds is 7. The molecule has 0 aliphatic rings. The number of H-pyrrole nitrogens is 1. The summed E-state index contributed by atoms with van der Waals surface area (Å²) in [6.45, 7) is 0.668. The molecule has 0 atom stereocenters. The quantitative estimate of drug-likeness (QED) is 0.599. The van der Waals surface area contributed by atoms with E-state index < -0.39 is 0 Å². The molecule has 0 bridgehead atoms. The SMILES string of the molecule is N#CCCN(CCC#N)C(=O)CSc1ncnc2nc[nH]c12. The molecule has 112 valence electrons. The third kappa shape index (κ3) is 3.93. The first-order chi connectivity index (χ1) is 10.8. The Morgan fingerprint density at radius 2 is 1.95 bits per heavy atom. The minimum atomic E-state index is -0.123. The predicted octanol–water partition coefficient (Wildman–Crippen LogP) is 1.10. The lowest BCUT2D eigenvalue weighted by Gasteiger charge is -2.19. The molecule has 0 saturated heterocycles. The Morgan fingerprint density at radius 3 is 2.64 bits per heavy atom. The number of nitrogens with one attached hydrogen (secondary N) is 1. The monoisotopic (exact) mass is 315 g/mol. The number of carbonyl (C=O) groups is 1. The number of carbonyl (C=O) groups excluding carboxylic acids is 1. The van der Waals surface area contributed by atoms with Crippen LogP contribution in [0.25, 0.3) is 11.2 Å². The van der Waals surface area contributed by atoms with Gasteiger partial charge in [0.05, 0.1) is 37.1 Å². The van der Waals surface area contributed by atoms with E-state index in [4.69, 9.17) is 10.5 Å². The highest BCUT2D eigenvalue weighted by Crippen LogP contribution is 2.22. The fraction of sp³-hybridized carbons (Fsp3) is 0.385. The number of thioether (sulfide) groups is 1. The zero-order valence-corrected chi connectivity index (χ0v) is 12.5. The fourth-order valence-electron chi connectivity index (χ4n) is 1.80. The lowest BCUT2D eigenvalue weighted by Crippen LogP contribution is -2.34. The molecule has 2 aromatic rings. The number of imidazole rings is 1. The highest BCUT2D eigenvalue weighted by Gasteiger charge is 2.15. The second kappa shape index (κ2) is 7.96. The average Bonchev–Trinajstić information content (AvgIpc) is 3.02. The molecule has 0 radical (unpaired) electrons. The molecule has 1 amide bonds. The normalized spacial score (nSPS) is 10.1. The van der Waals surface area contributed by atoms with Gasteiger partial charge in [-0.25, -0.2) is 15.0 Å². The van der Waals surface area contributed by atoms with E-state index in [1.807, 2.05) is 12.1 Å². The molecule has 0 fully saturated rings. The second-order valence-corrected chi connectivity index (χ2v) is 5.23. The molecule has 1 N–H and O–H groups in total. The maximum atomic E-state index is 12.2. The number of aromatic nitrogens is 4. The first-order valence-corrected chi connectivity index (χ1v) is 7.53. The molecule has 0 aliphatic heterocycles. The van der Waals surface area contributed by atoms with Gasteiger partial charge in [0.1, 0.15) is 16.9 Å². The van der Waals surface area contributed by atoms with Crippen LogP contribution in [0, 0.1) is 22.7 Å². The van der Waals surface area contributed by atoms with Gasteiger partial charge in [0, 0.05) is 13.1 Å². The van der Waals surface area contributed by atoms with Crippen LogP contribution in [0.4, 0.5) is 0 Å². The number of fused-ring (bicyclic) bond motifs is 1. The number of nitrogens with zero attached hydrogens (tertiary/aromatic N) is 6. The first-order valence-electron chi connectivity index (χ1n) is 6.54. The maximum Gasteiger partial charge on any atom is 0.233 e. The summed E-state index contributed by atoms with van der Waals surface area (Å²) < 4.78 is 0. The predicted molar refractivity (Wildman–Crippen MR) is 79.4 cm³/mol. The van der Waals surface area contributed by atoms with Crippen molar-refractivity contribution < 1.29 is 4.79 Å². The average molecular weight is 315 g/mol. The Morgan fingerprint density at radius 1 is 1.23 bits per heavy atom. The zero-order valence-electron chi connectivity index (χ0n) is 11.7. The van der Waals surface area contributed by atoms with Gasteiger partial charge in [0.2, 0.25) is 5.91 Å². The molecule has 0 unspecified atom stereocenters. The van der Waals surface area contributed by atoms with Crippen LogP contribution >= 0.6 is 11.8 Å². The van der Waals surface area contributed by atoms with E-state index in [0.29, 0.717) is 29.3 Å². The molecular formula is C13H13N7OS. The van der Waals surface area contributed by atoms with Crippen molar-refractivity contribution in [1.82, 2.24) is 24.8 Å². The number of nitriles is 2. The first kappa shape index (κ1) is 15.7. The van der Waals surface area contributed by atoms with Crippen LogP contribution in [0.5, 0.6) is 0 Å². The third-order valence-electron chi connectivity index (χ3n) is 2.86. The van der Waals surface area contributed by atoms with Gasteiger partial charge in [-0.05, 0) is 0 Å². The van der Waals surface area contributed by atoms with Crippen molar-refractivity contribution in [3.8, 4) is 12.1 Å². The van der Waals surface area contributed by atoms with E-state index in [0.717, 1.165) is 0 Å². The highest BCUT2D eigenvalue weighted by atomic mass is 32.2. The molecule has 0 spiro atoms. The van der Waals surface area contributed by atoms with Gasteiger partial charge in [-0.1, -0.05) is 11.8 Å². The van der Waals surface area contributed by atoms with Crippen molar-refractivity contribution in [3.63, 3.8) is 0 Å². The summed E-state index contributed by atoms with van der Waals surface area (Å²) in [6, 6.07) is 4.01. The molecule has 9 heteroatoms. The molecule has 22 heavy (non-hydrogen) atoms. The van der Waals surface area contributed by atoms with E-state index in [1.54, 1.807) is 0 Å². The van der Waals surface area contributed by atoms with Gasteiger partial charge in [-0.3, -0.25) is 4.79 Å². The van der Waals surface area contributed by atoms with Crippen LogP contribution in [0.3, 0.4) is 0 Å². The number of aromatic amines is 1. The van der Waals surface area contributed by atoms with Gasteiger partial charge < -0.3 is 9.88 Å². The minimum absolute atomic E-state index is 0.123. The van der Waals surface area contributed by atoms with Crippen LogP contribution in [0.1, 0.15) is 12.8 Å². The molecule has 2 aromatic heterocycles. The summed E-state index contributed by atoms with van der Waals surface area (Å²) >= 11 is 1.28. The summed E-state index contributed by atoms with van der Waals surface area (Å²) in [5.74, 6) is 0.0592. The van der Waals surface area contributed by atoms with E-state index in [-0.39, 0.29) is 24.5 Å². The summed E-state index contributed by atoms with van der Waals surface area (Å²) in [6.07, 6.45) is 3.43. The van der Waals surface area contributed by atoms with Gasteiger partial charge in [0.25, 0.3) is 0 Å². The summed E-state index contributed by atoms with van der Waals surface area (Å²) in [7, 11) is 0. The number of hydrogen-bond donors (Lipinski definition) is 1. The van der Waals surface area contributed by atoms with Gasteiger partial charge in [0.15, 0.2) is 5.65 Å². The number of amides is 1.